The summed E-state index contributed by atoms with van der Waals surface area (Å²) in [6, 6.07) is 6.93. The number of nitrogens with one attached hydrogen (secondary N) is 1. The lowest BCUT2D eigenvalue weighted by Crippen LogP contribution is -2.01. The second-order valence-electron chi connectivity index (χ2n) is 5.84. The topological polar surface area (TPSA) is 65.1 Å². The van der Waals surface area contributed by atoms with E-state index in [9.17, 15) is 0 Å². The number of benzene rings is 1. The smallest absolute Gasteiger partial charge is 0.295 e. The molecule has 0 radical (unpaired) electrons. The summed E-state index contributed by atoms with van der Waals surface area (Å²) in [5.74, 6) is 0. The van der Waals surface area contributed by atoms with E-state index in [2.05, 4.69) is 29.2 Å². The molecule has 0 fully saturated rings. The van der Waals surface area contributed by atoms with Crippen molar-refractivity contribution < 1.29 is 9.15 Å². The summed E-state index contributed by atoms with van der Waals surface area (Å²) in [7, 11) is 1.71. The molecule has 0 aliphatic heterocycles. The Balaban J connectivity index is 1.67. The fourth-order valence-corrected chi connectivity index (χ4v) is 2.35. The molecule has 3 rings (SSSR count). The molecular weight excluding hydrogens is 292 g/mol. The zero-order valence-electron chi connectivity index (χ0n) is 13.7. The van der Waals surface area contributed by atoms with Crippen LogP contribution in [0.25, 0.3) is 11.1 Å². The molecule has 3 aromatic rings. The monoisotopic (exact) mass is 314 g/mol. The second kappa shape index (κ2) is 6.83. The molecule has 2 aromatic heterocycles. The van der Waals surface area contributed by atoms with Gasteiger partial charge in [0.25, 0.3) is 6.01 Å². The maximum absolute atomic E-state index is 5.72. The van der Waals surface area contributed by atoms with Crippen molar-refractivity contribution in [3.63, 3.8) is 0 Å². The van der Waals surface area contributed by atoms with Crippen molar-refractivity contribution in [3.8, 4) is 0 Å². The Labute approximate surface area is 135 Å². The Morgan fingerprint density at radius 2 is 2.17 bits per heavy atom. The zero-order chi connectivity index (χ0) is 16.2. The minimum absolute atomic E-state index is 0.360. The van der Waals surface area contributed by atoms with Crippen LogP contribution in [-0.2, 0) is 17.7 Å². The van der Waals surface area contributed by atoms with Crippen molar-refractivity contribution in [2.45, 2.75) is 32.9 Å². The number of hydrogen-bond donors (Lipinski definition) is 1. The lowest BCUT2D eigenvalue weighted by atomic mass is 10.1. The first kappa shape index (κ1) is 15.6. The highest BCUT2D eigenvalue weighted by molar-refractivity contribution is 5.75. The quantitative estimate of drug-likeness (QED) is 0.724. The summed E-state index contributed by atoms with van der Waals surface area (Å²) in [6.07, 6.45) is 4.76. The molecular formula is C17H22N4O2. The summed E-state index contributed by atoms with van der Waals surface area (Å²) in [5, 5.41) is 7.53. The van der Waals surface area contributed by atoms with Gasteiger partial charge in [-0.1, -0.05) is 6.07 Å². The number of fused-ring (bicyclic) bond motifs is 1. The van der Waals surface area contributed by atoms with Crippen LogP contribution in [0.15, 0.2) is 35.0 Å². The SMILES string of the molecule is COCCc1ccc2oc(NCc3cnn(C(C)C)c3)nc2c1. The van der Waals surface area contributed by atoms with E-state index in [0.29, 0.717) is 25.2 Å². The van der Waals surface area contributed by atoms with Gasteiger partial charge in [-0.3, -0.25) is 4.68 Å². The molecule has 0 saturated heterocycles. The fraction of sp³-hybridized carbons (Fsp3) is 0.412. The third-order valence-electron chi connectivity index (χ3n) is 3.67. The standard InChI is InChI=1S/C17H22N4O2/c1-12(2)21-11-14(10-19-21)9-18-17-20-15-8-13(6-7-22-3)4-5-16(15)23-17/h4-5,8,10-12H,6-7,9H2,1-3H3,(H,18,20). The number of anilines is 1. The molecule has 0 unspecified atom stereocenters. The lowest BCUT2D eigenvalue weighted by molar-refractivity contribution is 0.202. The molecule has 2 heterocycles. The van der Waals surface area contributed by atoms with Crippen molar-refractivity contribution in [3.05, 3.63) is 41.7 Å². The number of nitrogens with zero attached hydrogens (tertiary/aromatic N) is 3. The molecule has 122 valence electrons. The van der Waals surface area contributed by atoms with Crippen molar-refractivity contribution in [1.29, 1.82) is 0 Å². The predicted molar refractivity (Wildman–Crippen MR) is 89.5 cm³/mol. The Kier molecular flexibility index (Phi) is 4.62. The number of hydrogen-bond acceptors (Lipinski definition) is 5. The largest absolute Gasteiger partial charge is 0.424 e. The van der Waals surface area contributed by atoms with Crippen LogP contribution in [0.1, 0.15) is 31.0 Å². The first-order chi connectivity index (χ1) is 11.2. The van der Waals surface area contributed by atoms with Crippen LogP contribution in [-0.4, -0.2) is 28.5 Å². The minimum atomic E-state index is 0.360. The molecule has 6 heteroatoms. The van der Waals surface area contributed by atoms with E-state index in [1.54, 1.807) is 7.11 Å². The highest BCUT2D eigenvalue weighted by Gasteiger charge is 2.07. The molecule has 0 amide bonds. The average molecular weight is 314 g/mol. The van der Waals surface area contributed by atoms with E-state index in [0.717, 1.165) is 23.1 Å². The van der Waals surface area contributed by atoms with Crippen LogP contribution in [0.5, 0.6) is 0 Å². The molecule has 6 nitrogen and oxygen atoms in total. The third-order valence-corrected chi connectivity index (χ3v) is 3.67. The van der Waals surface area contributed by atoms with Crippen LogP contribution in [0.4, 0.5) is 6.01 Å². The van der Waals surface area contributed by atoms with E-state index in [-0.39, 0.29) is 0 Å². The molecule has 23 heavy (non-hydrogen) atoms. The number of aromatic nitrogens is 3. The van der Waals surface area contributed by atoms with E-state index in [4.69, 9.17) is 9.15 Å². The number of oxazole rings is 1. The maximum Gasteiger partial charge on any atom is 0.295 e. The summed E-state index contributed by atoms with van der Waals surface area (Å²) < 4.78 is 12.8. The lowest BCUT2D eigenvalue weighted by Gasteiger charge is -2.03. The van der Waals surface area contributed by atoms with Gasteiger partial charge in [-0.25, -0.2) is 0 Å². The van der Waals surface area contributed by atoms with E-state index < -0.39 is 0 Å². The summed E-state index contributed by atoms with van der Waals surface area (Å²) in [5.41, 5.74) is 3.93. The number of methoxy groups -OCH3 is 1. The van der Waals surface area contributed by atoms with Gasteiger partial charge >= 0.3 is 0 Å². The second-order valence-corrected chi connectivity index (χ2v) is 5.84. The summed E-state index contributed by atoms with van der Waals surface area (Å²) in [4.78, 5) is 4.49. The summed E-state index contributed by atoms with van der Waals surface area (Å²) >= 11 is 0. The minimum Gasteiger partial charge on any atom is -0.424 e. The Bertz CT molecular complexity index is 776. The van der Waals surface area contributed by atoms with Gasteiger partial charge in [0, 0.05) is 31.5 Å². The Morgan fingerprint density at radius 1 is 1.30 bits per heavy atom. The molecule has 0 saturated carbocycles. The first-order valence-corrected chi connectivity index (χ1v) is 7.81. The van der Waals surface area contributed by atoms with Crippen LogP contribution in [0, 0.1) is 0 Å². The zero-order valence-corrected chi connectivity index (χ0v) is 13.7. The highest BCUT2D eigenvalue weighted by Crippen LogP contribution is 2.21. The molecule has 0 atom stereocenters. The van der Waals surface area contributed by atoms with Crippen molar-refractivity contribution >= 4 is 17.1 Å². The van der Waals surface area contributed by atoms with Gasteiger partial charge in [-0.15, -0.1) is 0 Å². The molecule has 1 N–H and O–H groups in total. The Hall–Kier alpha value is -2.34. The fourth-order valence-electron chi connectivity index (χ4n) is 2.35. The molecule has 1 aromatic carbocycles. The van der Waals surface area contributed by atoms with Crippen LogP contribution in [0.3, 0.4) is 0 Å². The van der Waals surface area contributed by atoms with Crippen LogP contribution < -0.4 is 5.32 Å². The third kappa shape index (κ3) is 3.71. The van der Waals surface area contributed by atoms with Gasteiger partial charge in [0.2, 0.25) is 0 Å². The van der Waals surface area contributed by atoms with Gasteiger partial charge in [0.05, 0.1) is 12.8 Å². The van der Waals surface area contributed by atoms with Crippen LogP contribution >= 0.6 is 0 Å². The number of rotatable bonds is 7. The first-order valence-electron chi connectivity index (χ1n) is 7.81. The van der Waals surface area contributed by atoms with Crippen LogP contribution in [0.2, 0.25) is 0 Å². The van der Waals surface area contributed by atoms with Crippen molar-refractivity contribution in [1.82, 2.24) is 14.8 Å². The van der Waals surface area contributed by atoms with E-state index >= 15 is 0 Å². The number of ether oxygens (including phenoxy) is 1. The van der Waals surface area contributed by atoms with Crippen molar-refractivity contribution in [2.75, 3.05) is 19.0 Å². The molecule has 0 spiro atoms. The van der Waals surface area contributed by atoms with E-state index in [1.165, 1.54) is 5.56 Å². The molecule has 0 aliphatic rings. The van der Waals surface area contributed by atoms with Gasteiger partial charge in [0.15, 0.2) is 5.58 Å². The predicted octanol–water partition coefficient (Wildman–Crippen LogP) is 3.41. The highest BCUT2D eigenvalue weighted by atomic mass is 16.5. The van der Waals surface area contributed by atoms with Gasteiger partial charge in [0.1, 0.15) is 5.52 Å². The van der Waals surface area contributed by atoms with Crippen molar-refractivity contribution in [2.24, 2.45) is 0 Å². The normalized spacial score (nSPS) is 11.5. The van der Waals surface area contributed by atoms with Gasteiger partial charge in [-0.05, 0) is 38.0 Å². The Morgan fingerprint density at radius 3 is 2.91 bits per heavy atom. The average Bonchev–Trinajstić information content (AvgIpc) is 3.16. The maximum atomic E-state index is 5.72. The van der Waals surface area contributed by atoms with E-state index in [1.807, 2.05) is 35.3 Å². The van der Waals surface area contributed by atoms with Gasteiger partial charge < -0.3 is 14.5 Å². The van der Waals surface area contributed by atoms with Gasteiger partial charge in [-0.2, -0.15) is 10.1 Å². The molecule has 0 bridgehead atoms. The molecule has 0 aliphatic carbocycles. The summed E-state index contributed by atoms with van der Waals surface area (Å²) in [6.45, 7) is 5.54.